The fourth-order valence-corrected chi connectivity index (χ4v) is 5.34. The molecule has 172 valence electrons. The van der Waals surface area contributed by atoms with E-state index in [9.17, 15) is 4.79 Å². The molecule has 3 aromatic carbocycles. The Hall–Kier alpha value is -3.38. The van der Waals surface area contributed by atoms with Crippen molar-refractivity contribution in [2.24, 2.45) is 9.98 Å². The van der Waals surface area contributed by atoms with Gasteiger partial charge >= 0.3 is 6.03 Å². The number of amides is 2. The molecule has 3 aromatic rings. The number of piperidine rings is 1. The molecule has 0 saturated carbocycles. The molecule has 0 radical (unpaired) electrons. The smallest absolute Gasteiger partial charge is 0.317 e. The van der Waals surface area contributed by atoms with Crippen LogP contribution in [-0.2, 0) is 12.3 Å². The number of nitrogens with one attached hydrogen (secondary N) is 1. The van der Waals surface area contributed by atoms with E-state index in [4.69, 9.17) is 9.98 Å². The van der Waals surface area contributed by atoms with E-state index in [0.29, 0.717) is 19.6 Å². The molecular formula is C28H28N4OS. The van der Waals surface area contributed by atoms with Gasteiger partial charge in [0, 0.05) is 43.8 Å². The van der Waals surface area contributed by atoms with Crippen LogP contribution in [0.5, 0.6) is 0 Å². The van der Waals surface area contributed by atoms with Crippen LogP contribution in [0.2, 0.25) is 0 Å². The van der Waals surface area contributed by atoms with E-state index >= 15 is 0 Å². The molecule has 1 saturated heterocycles. The first-order valence-corrected chi connectivity index (χ1v) is 12.7. The summed E-state index contributed by atoms with van der Waals surface area (Å²) in [6, 6.07) is 30.7. The van der Waals surface area contributed by atoms with Crippen LogP contribution in [0.25, 0.3) is 0 Å². The van der Waals surface area contributed by atoms with Crippen LogP contribution in [0, 0.1) is 0 Å². The molecule has 1 spiro atoms. The molecule has 2 heterocycles. The Balaban J connectivity index is 1.27. The van der Waals surface area contributed by atoms with E-state index in [1.165, 1.54) is 5.56 Å². The lowest BCUT2D eigenvalue weighted by Gasteiger charge is -2.35. The average molecular weight is 469 g/mol. The quantitative estimate of drug-likeness (QED) is 0.536. The summed E-state index contributed by atoms with van der Waals surface area (Å²) in [5.41, 5.74) is 3.97. The maximum absolute atomic E-state index is 12.7. The number of benzene rings is 3. The molecule has 0 aliphatic carbocycles. The molecule has 0 unspecified atom stereocenters. The van der Waals surface area contributed by atoms with Gasteiger partial charge in [-0.2, -0.15) is 0 Å². The zero-order valence-corrected chi connectivity index (χ0v) is 19.9. The van der Waals surface area contributed by atoms with Gasteiger partial charge in [0.2, 0.25) is 0 Å². The highest BCUT2D eigenvalue weighted by molar-refractivity contribution is 8.15. The fraction of sp³-hybridized carbons (Fsp3) is 0.250. The normalized spacial score (nSPS) is 16.8. The van der Waals surface area contributed by atoms with Crippen molar-refractivity contribution < 1.29 is 4.79 Å². The van der Waals surface area contributed by atoms with E-state index in [-0.39, 0.29) is 6.03 Å². The highest BCUT2D eigenvalue weighted by Gasteiger charge is 2.40. The molecule has 34 heavy (non-hydrogen) atoms. The van der Waals surface area contributed by atoms with E-state index in [1.807, 2.05) is 59.5 Å². The van der Waals surface area contributed by atoms with E-state index in [1.54, 1.807) is 11.8 Å². The number of hydrogen-bond donors (Lipinski definition) is 1. The van der Waals surface area contributed by atoms with Crippen LogP contribution in [0.3, 0.4) is 0 Å². The van der Waals surface area contributed by atoms with Crippen LogP contribution in [0.4, 0.5) is 4.79 Å². The second-order valence-corrected chi connectivity index (χ2v) is 9.60. The predicted octanol–water partition coefficient (Wildman–Crippen LogP) is 5.52. The molecule has 2 aliphatic rings. The average Bonchev–Trinajstić information content (AvgIpc) is 3.26. The van der Waals surface area contributed by atoms with Gasteiger partial charge in [-0.15, -0.1) is 0 Å². The molecule has 2 amide bonds. The number of hydrogen-bond acceptors (Lipinski definition) is 4. The molecule has 0 atom stereocenters. The number of carbonyl (C=O) groups excluding carboxylic acids is 1. The van der Waals surface area contributed by atoms with E-state index in [2.05, 4.69) is 41.7 Å². The van der Waals surface area contributed by atoms with Gasteiger partial charge in [-0.05, 0) is 11.1 Å². The molecule has 1 fully saturated rings. The minimum Gasteiger partial charge on any atom is -0.334 e. The Morgan fingerprint density at radius 3 is 2.06 bits per heavy atom. The van der Waals surface area contributed by atoms with Gasteiger partial charge in [-0.3, -0.25) is 4.99 Å². The van der Waals surface area contributed by atoms with Crippen LogP contribution in [0.15, 0.2) is 101 Å². The number of carbonyl (C=O) groups is 1. The van der Waals surface area contributed by atoms with Crippen molar-refractivity contribution in [1.29, 1.82) is 0 Å². The number of aliphatic imine (C=N–C) groups is 2. The Kier molecular flexibility index (Phi) is 6.77. The summed E-state index contributed by atoms with van der Waals surface area (Å²) >= 11 is 1.75. The summed E-state index contributed by atoms with van der Waals surface area (Å²) in [6.45, 7) is 1.83. The molecule has 2 aliphatic heterocycles. The number of rotatable bonds is 5. The SMILES string of the molecule is O=C(NCc1ccccc1)N1CCC2(CC1)N=C(SCc1ccccc1)C(c1ccccc1)=N2. The summed E-state index contributed by atoms with van der Waals surface area (Å²) in [7, 11) is 0. The van der Waals surface area contributed by atoms with Gasteiger partial charge in [0.15, 0.2) is 5.66 Å². The van der Waals surface area contributed by atoms with Crippen molar-refractivity contribution in [3.63, 3.8) is 0 Å². The van der Waals surface area contributed by atoms with Crippen molar-refractivity contribution in [3.05, 3.63) is 108 Å². The Morgan fingerprint density at radius 1 is 0.824 bits per heavy atom. The third-order valence-corrected chi connectivity index (χ3v) is 7.27. The minimum absolute atomic E-state index is 0.0216. The molecule has 5 rings (SSSR count). The lowest BCUT2D eigenvalue weighted by atomic mass is 9.99. The van der Waals surface area contributed by atoms with Gasteiger partial charge in [-0.25, -0.2) is 9.79 Å². The Labute approximate surface area is 205 Å². The number of urea groups is 1. The number of thioether (sulfide) groups is 1. The molecule has 0 bridgehead atoms. The van der Waals surface area contributed by atoms with E-state index in [0.717, 1.165) is 40.5 Å². The monoisotopic (exact) mass is 468 g/mol. The van der Waals surface area contributed by atoms with Crippen LogP contribution in [-0.4, -0.2) is 40.4 Å². The van der Waals surface area contributed by atoms with Crippen LogP contribution >= 0.6 is 11.8 Å². The molecule has 6 heteroatoms. The maximum Gasteiger partial charge on any atom is 0.317 e. The van der Waals surface area contributed by atoms with Gasteiger partial charge in [-0.1, -0.05) is 103 Å². The first kappa shape index (κ1) is 22.4. The topological polar surface area (TPSA) is 57.1 Å². The van der Waals surface area contributed by atoms with Crippen molar-refractivity contribution in [3.8, 4) is 0 Å². The van der Waals surface area contributed by atoms with E-state index < -0.39 is 5.66 Å². The van der Waals surface area contributed by atoms with Gasteiger partial charge in [0.05, 0.1) is 5.71 Å². The van der Waals surface area contributed by atoms with Crippen LogP contribution in [0.1, 0.15) is 29.5 Å². The summed E-state index contributed by atoms with van der Waals surface area (Å²) in [4.78, 5) is 24.9. The summed E-state index contributed by atoms with van der Waals surface area (Å²) in [5, 5.41) is 4.04. The first-order valence-electron chi connectivity index (χ1n) is 11.7. The van der Waals surface area contributed by atoms with Gasteiger partial charge < -0.3 is 10.2 Å². The third-order valence-electron chi connectivity index (χ3n) is 6.24. The third kappa shape index (κ3) is 5.23. The van der Waals surface area contributed by atoms with Crippen LogP contribution < -0.4 is 5.32 Å². The van der Waals surface area contributed by atoms with Gasteiger partial charge in [0.25, 0.3) is 0 Å². The largest absolute Gasteiger partial charge is 0.334 e. The molecule has 0 aromatic heterocycles. The second-order valence-electron chi connectivity index (χ2n) is 8.63. The second kappa shape index (κ2) is 10.3. The van der Waals surface area contributed by atoms with Crippen molar-refractivity contribution in [2.45, 2.75) is 30.8 Å². The van der Waals surface area contributed by atoms with Gasteiger partial charge in [0.1, 0.15) is 5.04 Å². The lowest BCUT2D eigenvalue weighted by Crippen LogP contribution is -2.48. The number of likely N-dealkylation sites (tertiary alicyclic amines) is 1. The van der Waals surface area contributed by atoms with Crippen molar-refractivity contribution >= 4 is 28.5 Å². The predicted molar refractivity (Wildman–Crippen MR) is 140 cm³/mol. The first-order chi connectivity index (χ1) is 16.7. The highest BCUT2D eigenvalue weighted by atomic mass is 32.2. The standard InChI is InChI=1S/C28H28N4OS/c33-27(29-20-22-10-4-1-5-11-22)32-18-16-28(17-19-32)30-25(24-14-8-3-9-15-24)26(31-28)34-21-23-12-6-2-7-13-23/h1-15H,16-21H2,(H,29,33). The fourth-order valence-electron chi connectivity index (χ4n) is 4.31. The highest BCUT2D eigenvalue weighted by Crippen LogP contribution is 2.36. The minimum atomic E-state index is -0.472. The zero-order chi connectivity index (χ0) is 23.2. The zero-order valence-electron chi connectivity index (χ0n) is 19.1. The summed E-state index contributed by atoms with van der Waals surface area (Å²) in [5.74, 6) is 0.857. The molecule has 1 N–H and O–H groups in total. The Morgan fingerprint density at radius 2 is 1.41 bits per heavy atom. The summed E-state index contributed by atoms with van der Waals surface area (Å²) < 4.78 is 0. The molecule has 5 nitrogen and oxygen atoms in total. The lowest BCUT2D eigenvalue weighted by molar-refractivity contribution is 0.163. The Bertz CT molecular complexity index is 1170. The summed E-state index contributed by atoms with van der Waals surface area (Å²) in [6.07, 6.45) is 1.47. The molecular weight excluding hydrogens is 440 g/mol. The van der Waals surface area contributed by atoms with Crippen molar-refractivity contribution in [2.75, 3.05) is 13.1 Å². The number of nitrogens with zero attached hydrogens (tertiary/aromatic N) is 3. The maximum atomic E-state index is 12.7. The van der Waals surface area contributed by atoms with Crippen molar-refractivity contribution in [1.82, 2.24) is 10.2 Å².